The van der Waals surface area contributed by atoms with E-state index >= 15 is 0 Å². The predicted molar refractivity (Wildman–Crippen MR) is 159 cm³/mol. The zero-order valence-corrected chi connectivity index (χ0v) is 29.1. The predicted octanol–water partition coefficient (Wildman–Crippen LogP) is -6.81. The Balaban J connectivity index is 0. The van der Waals surface area contributed by atoms with Gasteiger partial charge in [-0.2, -0.15) is 0 Å². The Labute approximate surface area is 300 Å². The van der Waals surface area contributed by atoms with Crippen LogP contribution in [-0.4, -0.2) is 147 Å². The molecule has 21 heteroatoms. The van der Waals surface area contributed by atoms with Crippen LogP contribution >= 0.6 is 0 Å². The van der Waals surface area contributed by atoms with E-state index in [4.69, 9.17) is 44.5 Å². The number of imide groups is 2. The van der Waals surface area contributed by atoms with Crippen LogP contribution in [0.15, 0.2) is 30.3 Å². The number of urea groups is 2. The number of hydrogen-bond acceptors (Lipinski definition) is 15. The van der Waals surface area contributed by atoms with Crippen molar-refractivity contribution in [2.45, 2.75) is 56.7 Å². The second-order valence-electron chi connectivity index (χ2n) is 9.59. The zero-order valence-electron chi connectivity index (χ0n) is 26.3. The second-order valence-corrected chi connectivity index (χ2v) is 10.5. The molecule has 6 amide bonds. The monoisotopic (exact) mass is 716 g/mol. The van der Waals surface area contributed by atoms with Gasteiger partial charge < -0.3 is 40.3 Å². The standard InChI is InChI=1S/C15H20N4O8.C8H10O.C3H8O3.CH4O3S.Na/c20-6-18-10(12(24)16-14(18)26)4-8(22)2-1-3-9(23)5-11-13(25)17-15(27)19(11)7-21;9-7-6-8-4-2-1-3-5-8;4-1-3(6)2-5;2-1-5(3)4;/h10-11,20-21H,1-7H2,(H,16,24,26)(H,17,25,27);1-5,9H,6-7H2;3-6H,1-2H2;2H,1H2,(H,3,4);/q;;;;+1/p-1. The molecular weight excluding hydrogens is 675 g/mol. The molecule has 2 heterocycles. The van der Waals surface area contributed by atoms with Crippen LogP contribution in [0.25, 0.3) is 0 Å². The summed E-state index contributed by atoms with van der Waals surface area (Å²) in [5, 5.41) is 62.2. The first kappa shape index (κ1) is 47.4. The SMILES string of the molecule is O=C(CCCC(=O)CC1C(=O)NC(=O)N1CO)CC1C(=O)NC(=O)N1CO.O=S([O-])CO.OCC(O)CO.OCCc1ccccc1.[Na+]. The van der Waals surface area contributed by atoms with Crippen LogP contribution in [-0.2, 0) is 36.7 Å². The summed E-state index contributed by atoms with van der Waals surface area (Å²) in [6, 6.07) is 6.26. The minimum Gasteiger partial charge on any atom is -0.771 e. The molecule has 0 bridgehead atoms. The molecule has 48 heavy (non-hydrogen) atoms. The Morgan fingerprint density at radius 2 is 1.19 bits per heavy atom. The van der Waals surface area contributed by atoms with Crippen LogP contribution in [0.5, 0.6) is 0 Å². The molecule has 0 spiro atoms. The Hall–Kier alpha value is -2.73. The molecule has 266 valence electrons. The first-order valence-corrected chi connectivity index (χ1v) is 15.2. The topological polar surface area (TPSA) is 315 Å². The Morgan fingerprint density at radius 1 is 0.792 bits per heavy atom. The van der Waals surface area contributed by atoms with Crippen LogP contribution in [0.2, 0.25) is 0 Å². The molecule has 0 radical (unpaired) electrons. The number of benzene rings is 1. The number of carbonyl (C=O) groups excluding carboxylic acids is 6. The van der Waals surface area contributed by atoms with Gasteiger partial charge in [0.05, 0.1) is 13.2 Å². The fraction of sp³-hybridized carbons (Fsp3) is 0.556. The molecule has 1 aromatic carbocycles. The van der Waals surface area contributed by atoms with E-state index in [-0.39, 0.29) is 93.0 Å². The summed E-state index contributed by atoms with van der Waals surface area (Å²) >= 11 is -2.27. The second kappa shape index (κ2) is 27.1. The molecule has 0 aromatic heterocycles. The summed E-state index contributed by atoms with van der Waals surface area (Å²) in [4.78, 5) is 71.6. The van der Waals surface area contributed by atoms with Crippen molar-refractivity contribution in [3.05, 3.63) is 35.9 Å². The molecule has 19 nitrogen and oxygen atoms in total. The van der Waals surface area contributed by atoms with Crippen molar-refractivity contribution in [3.63, 3.8) is 0 Å². The van der Waals surface area contributed by atoms with E-state index in [1.807, 2.05) is 41.0 Å². The fourth-order valence-corrected chi connectivity index (χ4v) is 3.77. The molecule has 0 aliphatic carbocycles. The van der Waals surface area contributed by atoms with Gasteiger partial charge in [0.1, 0.15) is 49.2 Å². The minimum atomic E-state index is -2.27. The van der Waals surface area contributed by atoms with Gasteiger partial charge in [-0.25, -0.2) is 9.59 Å². The zero-order chi connectivity index (χ0) is 35.9. The Kier molecular flexibility index (Phi) is 26.8. The molecule has 2 fully saturated rings. The van der Waals surface area contributed by atoms with Crippen LogP contribution in [0.1, 0.15) is 37.7 Å². The van der Waals surface area contributed by atoms with Gasteiger partial charge in [-0.3, -0.25) is 43.8 Å². The van der Waals surface area contributed by atoms with Crippen LogP contribution in [0, 0.1) is 0 Å². The number of aliphatic hydroxyl groups excluding tert-OH is 7. The van der Waals surface area contributed by atoms with Crippen molar-refractivity contribution >= 4 is 46.5 Å². The number of hydrogen-bond donors (Lipinski definition) is 9. The maximum absolute atomic E-state index is 12.0. The Bertz CT molecular complexity index is 1120. The van der Waals surface area contributed by atoms with Gasteiger partial charge in [0.2, 0.25) is 0 Å². The van der Waals surface area contributed by atoms with E-state index in [0.717, 1.165) is 16.2 Å². The quantitative estimate of drug-likeness (QED) is 0.0463. The molecule has 2 aliphatic rings. The van der Waals surface area contributed by atoms with Gasteiger partial charge in [-0.05, 0) is 29.5 Å². The molecule has 3 atom stereocenters. The molecule has 2 saturated heterocycles. The normalized spacial score (nSPS) is 17.1. The van der Waals surface area contributed by atoms with Crippen molar-refractivity contribution in [1.29, 1.82) is 0 Å². The van der Waals surface area contributed by atoms with E-state index in [0.29, 0.717) is 0 Å². The van der Waals surface area contributed by atoms with Gasteiger partial charge in [0.25, 0.3) is 11.8 Å². The molecule has 1 aromatic rings. The van der Waals surface area contributed by atoms with Crippen molar-refractivity contribution in [3.8, 4) is 0 Å². The van der Waals surface area contributed by atoms with E-state index in [9.17, 15) is 28.8 Å². The summed E-state index contributed by atoms with van der Waals surface area (Å²) in [6.07, 6.45) is -0.620. The summed E-state index contributed by atoms with van der Waals surface area (Å²) in [5.41, 5.74) is 1.19. The van der Waals surface area contributed by atoms with E-state index in [2.05, 4.69) is 0 Å². The van der Waals surface area contributed by atoms with Crippen molar-refractivity contribution in [2.24, 2.45) is 0 Å². The third kappa shape index (κ3) is 18.7. The Morgan fingerprint density at radius 3 is 1.48 bits per heavy atom. The average Bonchev–Trinajstić information content (AvgIpc) is 3.48. The van der Waals surface area contributed by atoms with Crippen LogP contribution < -0.4 is 40.2 Å². The van der Waals surface area contributed by atoms with Crippen molar-refractivity contribution in [1.82, 2.24) is 20.4 Å². The third-order valence-corrected chi connectivity index (χ3v) is 6.38. The fourth-order valence-electron chi connectivity index (χ4n) is 3.77. The molecule has 3 unspecified atom stereocenters. The van der Waals surface area contributed by atoms with Gasteiger partial charge in [-0.15, -0.1) is 0 Å². The van der Waals surface area contributed by atoms with Gasteiger partial charge >= 0.3 is 41.6 Å². The average molecular weight is 717 g/mol. The summed E-state index contributed by atoms with van der Waals surface area (Å²) < 4.78 is 18.2. The maximum atomic E-state index is 12.0. The van der Waals surface area contributed by atoms with Gasteiger partial charge in [-0.1, -0.05) is 30.3 Å². The van der Waals surface area contributed by atoms with E-state index in [1.165, 1.54) is 5.56 Å². The first-order valence-electron chi connectivity index (χ1n) is 14.0. The number of ketones is 2. The minimum absolute atomic E-state index is 0. The van der Waals surface area contributed by atoms with E-state index in [1.54, 1.807) is 0 Å². The number of rotatable bonds is 15. The van der Waals surface area contributed by atoms with Crippen LogP contribution in [0.4, 0.5) is 9.59 Å². The molecule has 2 aliphatic heterocycles. The molecule has 9 N–H and O–H groups in total. The first-order chi connectivity index (χ1) is 22.3. The number of aliphatic hydroxyl groups is 7. The number of carbonyl (C=O) groups is 6. The van der Waals surface area contributed by atoms with Crippen molar-refractivity contribution in [2.75, 3.05) is 39.2 Å². The number of amides is 6. The van der Waals surface area contributed by atoms with Gasteiger partial charge in [0.15, 0.2) is 0 Å². The number of Topliss-reactive ketones (excluding diaryl/α,β-unsaturated/α-hetero) is 2. The molecule has 3 rings (SSSR count). The van der Waals surface area contributed by atoms with E-state index < -0.39 is 72.5 Å². The maximum Gasteiger partial charge on any atom is 1.00 e. The summed E-state index contributed by atoms with van der Waals surface area (Å²) in [7, 11) is 0. The molecule has 0 saturated carbocycles. The van der Waals surface area contributed by atoms with Crippen molar-refractivity contribution < 1.29 is 103 Å². The summed E-state index contributed by atoms with van der Waals surface area (Å²) in [6.45, 7) is -1.88. The summed E-state index contributed by atoms with van der Waals surface area (Å²) in [5.74, 6) is -2.83. The van der Waals surface area contributed by atoms with Crippen LogP contribution in [0.3, 0.4) is 0 Å². The smallest absolute Gasteiger partial charge is 0.771 e. The largest absolute Gasteiger partial charge is 1.00 e. The number of nitrogens with zero attached hydrogens (tertiary/aromatic N) is 2. The number of nitrogens with one attached hydrogen (secondary N) is 2. The van der Waals surface area contributed by atoms with Gasteiger partial charge in [0, 0.05) is 32.3 Å². The third-order valence-electron chi connectivity index (χ3n) is 6.17. The molecular formula is C27H41N4NaO15S.